The Bertz CT molecular complexity index is 369. The van der Waals surface area contributed by atoms with Gasteiger partial charge >= 0.3 is 0 Å². The number of nitrogens with zero attached hydrogens (tertiary/aromatic N) is 3. The van der Waals surface area contributed by atoms with Crippen LogP contribution in [0.2, 0.25) is 0 Å². The van der Waals surface area contributed by atoms with Gasteiger partial charge in [0, 0.05) is 17.3 Å². The molecule has 0 N–H and O–H groups in total. The molecule has 3 nitrogen and oxygen atoms in total. The molecule has 0 fully saturated rings. The first-order chi connectivity index (χ1) is 7.40. The van der Waals surface area contributed by atoms with E-state index in [1.165, 1.54) is 4.88 Å². The molecule has 0 saturated heterocycles. The minimum absolute atomic E-state index is 0.525. The highest BCUT2D eigenvalue weighted by Crippen LogP contribution is 2.25. The Labute approximate surface area is 98.6 Å². The molecule has 0 aromatic carbocycles. The van der Waals surface area contributed by atoms with Gasteiger partial charge in [-0.05, 0) is 23.6 Å². The zero-order valence-corrected chi connectivity index (χ0v) is 9.99. The molecule has 2 heterocycles. The fraction of sp³-hybridized carbons (Fsp3) is 0.400. The van der Waals surface area contributed by atoms with Gasteiger partial charge in [0.25, 0.3) is 0 Å². The number of thiophene rings is 1. The van der Waals surface area contributed by atoms with E-state index in [0.717, 1.165) is 18.7 Å². The van der Waals surface area contributed by atoms with Crippen LogP contribution in [0, 0.1) is 0 Å². The molecule has 1 unspecified atom stereocenters. The van der Waals surface area contributed by atoms with Gasteiger partial charge in [-0.1, -0.05) is 6.07 Å². The fourth-order valence-corrected chi connectivity index (χ4v) is 2.85. The van der Waals surface area contributed by atoms with E-state index >= 15 is 0 Å². The highest BCUT2D eigenvalue weighted by Gasteiger charge is 2.10. The quantitative estimate of drug-likeness (QED) is 0.812. The topological polar surface area (TPSA) is 30.7 Å². The van der Waals surface area contributed by atoms with Crippen LogP contribution in [0.5, 0.6) is 0 Å². The van der Waals surface area contributed by atoms with E-state index in [1.807, 2.05) is 4.68 Å². The molecule has 0 amide bonds. The summed E-state index contributed by atoms with van der Waals surface area (Å²) in [4.78, 5) is 5.33. The summed E-state index contributed by atoms with van der Waals surface area (Å²) < 4.78 is 1.87. The molecule has 2 rings (SSSR count). The van der Waals surface area contributed by atoms with E-state index in [9.17, 15) is 0 Å². The first-order valence-corrected chi connectivity index (χ1v) is 6.38. The van der Waals surface area contributed by atoms with Gasteiger partial charge in [0.1, 0.15) is 12.7 Å². The van der Waals surface area contributed by atoms with E-state index in [2.05, 4.69) is 40.2 Å². The Balaban J connectivity index is 1.92. The van der Waals surface area contributed by atoms with Crippen LogP contribution in [-0.2, 0) is 6.54 Å². The molecule has 0 spiro atoms. The molecular weight excluding hydrogens is 226 g/mol. The molecule has 0 aliphatic carbocycles. The number of thiol groups is 1. The summed E-state index contributed by atoms with van der Waals surface area (Å²) in [5, 5.41) is 6.20. The van der Waals surface area contributed by atoms with Crippen molar-refractivity contribution in [3.63, 3.8) is 0 Å². The SMILES string of the molecule is SCC(CCn1cncn1)c1cccs1. The minimum Gasteiger partial charge on any atom is -0.253 e. The van der Waals surface area contributed by atoms with Gasteiger partial charge in [0.05, 0.1) is 0 Å². The number of hydrogen-bond acceptors (Lipinski definition) is 4. The van der Waals surface area contributed by atoms with Crippen LogP contribution in [0.4, 0.5) is 0 Å². The van der Waals surface area contributed by atoms with Gasteiger partial charge in [0.15, 0.2) is 0 Å². The van der Waals surface area contributed by atoms with Gasteiger partial charge in [-0.2, -0.15) is 17.7 Å². The average Bonchev–Trinajstić information content (AvgIpc) is 2.90. The van der Waals surface area contributed by atoms with E-state index in [1.54, 1.807) is 24.0 Å². The smallest absolute Gasteiger partial charge is 0.137 e. The van der Waals surface area contributed by atoms with Crippen LogP contribution in [0.25, 0.3) is 0 Å². The number of rotatable bonds is 5. The summed E-state index contributed by atoms with van der Waals surface area (Å²) in [7, 11) is 0. The number of aromatic nitrogens is 3. The molecule has 0 aliphatic heterocycles. The Morgan fingerprint density at radius 2 is 2.47 bits per heavy atom. The number of aryl methyl sites for hydroxylation is 1. The Morgan fingerprint density at radius 3 is 3.07 bits per heavy atom. The zero-order chi connectivity index (χ0) is 10.5. The van der Waals surface area contributed by atoms with Gasteiger partial charge < -0.3 is 0 Å². The van der Waals surface area contributed by atoms with Crippen molar-refractivity contribution in [2.75, 3.05) is 5.75 Å². The first-order valence-electron chi connectivity index (χ1n) is 4.87. The van der Waals surface area contributed by atoms with Crippen molar-refractivity contribution in [1.82, 2.24) is 14.8 Å². The molecule has 0 radical (unpaired) electrons. The monoisotopic (exact) mass is 239 g/mol. The molecule has 80 valence electrons. The minimum atomic E-state index is 0.525. The fourth-order valence-electron chi connectivity index (χ4n) is 1.48. The molecule has 2 aromatic rings. The summed E-state index contributed by atoms with van der Waals surface area (Å²) in [6.07, 6.45) is 4.39. The molecule has 15 heavy (non-hydrogen) atoms. The molecule has 0 aliphatic rings. The van der Waals surface area contributed by atoms with Crippen molar-refractivity contribution in [1.29, 1.82) is 0 Å². The molecular formula is C10H13N3S2. The lowest BCUT2D eigenvalue weighted by molar-refractivity contribution is 0.539. The molecule has 1 atom stereocenters. The normalized spacial score (nSPS) is 12.9. The molecule has 0 bridgehead atoms. The standard InChI is InChI=1S/C10H13N3S2/c14-6-9(10-2-1-5-15-10)3-4-13-8-11-7-12-13/h1-2,5,7-9,14H,3-4,6H2. The lowest BCUT2D eigenvalue weighted by atomic mass is 10.1. The van der Waals surface area contributed by atoms with E-state index in [-0.39, 0.29) is 0 Å². The van der Waals surface area contributed by atoms with Crippen LogP contribution in [0.1, 0.15) is 17.2 Å². The van der Waals surface area contributed by atoms with Gasteiger partial charge in [-0.3, -0.25) is 4.68 Å². The molecule has 0 saturated carbocycles. The van der Waals surface area contributed by atoms with Gasteiger partial charge in [-0.25, -0.2) is 4.98 Å². The Morgan fingerprint density at radius 1 is 1.53 bits per heavy atom. The second-order valence-electron chi connectivity index (χ2n) is 3.34. The third kappa shape index (κ3) is 2.82. The van der Waals surface area contributed by atoms with Crippen molar-refractivity contribution in [2.24, 2.45) is 0 Å². The van der Waals surface area contributed by atoms with Crippen LogP contribution < -0.4 is 0 Å². The third-order valence-electron chi connectivity index (χ3n) is 2.34. The second-order valence-corrected chi connectivity index (χ2v) is 4.69. The van der Waals surface area contributed by atoms with Crippen LogP contribution in [-0.4, -0.2) is 20.5 Å². The summed E-state index contributed by atoms with van der Waals surface area (Å²) in [5.74, 6) is 1.41. The van der Waals surface area contributed by atoms with E-state index < -0.39 is 0 Å². The third-order valence-corrected chi connectivity index (χ3v) is 3.81. The summed E-state index contributed by atoms with van der Waals surface area (Å²) in [6.45, 7) is 0.906. The maximum absolute atomic E-state index is 4.39. The highest BCUT2D eigenvalue weighted by atomic mass is 32.1. The van der Waals surface area contributed by atoms with Crippen molar-refractivity contribution in [3.8, 4) is 0 Å². The molecule has 2 aromatic heterocycles. The van der Waals surface area contributed by atoms with Crippen molar-refractivity contribution in [3.05, 3.63) is 35.0 Å². The Hall–Kier alpha value is -0.810. The number of hydrogen-bond donors (Lipinski definition) is 1. The zero-order valence-electron chi connectivity index (χ0n) is 8.28. The lowest BCUT2D eigenvalue weighted by Crippen LogP contribution is -2.05. The Kier molecular flexibility index (Phi) is 3.80. The van der Waals surface area contributed by atoms with Crippen molar-refractivity contribution < 1.29 is 0 Å². The van der Waals surface area contributed by atoms with Crippen molar-refractivity contribution >= 4 is 24.0 Å². The van der Waals surface area contributed by atoms with Crippen LogP contribution >= 0.6 is 24.0 Å². The van der Waals surface area contributed by atoms with Gasteiger partial charge in [-0.15, -0.1) is 11.3 Å². The summed E-state index contributed by atoms with van der Waals surface area (Å²) in [6, 6.07) is 4.26. The maximum atomic E-state index is 4.39. The average molecular weight is 239 g/mol. The van der Waals surface area contributed by atoms with Gasteiger partial charge in [0.2, 0.25) is 0 Å². The largest absolute Gasteiger partial charge is 0.253 e. The molecule has 5 heteroatoms. The summed E-state index contributed by atoms with van der Waals surface area (Å²) >= 11 is 6.19. The van der Waals surface area contributed by atoms with Crippen LogP contribution in [0.3, 0.4) is 0 Å². The predicted molar refractivity (Wildman–Crippen MR) is 65.6 cm³/mol. The van der Waals surface area contributed by atoms with E-state index in [0.29, 0.717) is 5.92 Å². The second kappa shape index (κ2) is 5.32. The van der Waals surface area contributed by atoms with E-state index in [4.69, 9.17) is 0 Å². The predicted octanol–water partition coefficient (Wildman–Crippen LogP) is 2.44. The van der Waals surface area contributed by atoms with Crippen molar-refractivity contribution in [2.45, 2.75) is 18.9 Å². The summed E-state index contributed by atoms with van der Waals surface area (Å²) in [5.41, 5.74) is 0. The highest BCUT2D eigenvalue weighted by molar-refractivity contribution is 7.80. The maximum Gasteiger partial charge on any atom is 0.137 e. The van der Waals surface area contributed by atoms with Crippen LogP contribution in [0.15, 0.2) is 30.2 Å². The first kappa shape index (κ1) is 10.7. The lowest BCUT2D eigenvalue weighted by Gasteiger charge is -2.11.